The van der Waals surface area contributed by atoms with Gasteiger partial charge in [0.1, 0.15) is 5.75 Å². The van der Waals surface area contributed by atoms with Crippen molar-refractivity contribution in [3.63, 3.8) is 0 Å². The number of hydrogen-bond donors (Lipinski definition) is 2. The third kappa shape index (κ3) is 5.85. The topological polar surface area (TPSA) is 33.3 Å². The Morgan fingerprint density at radius 1 is 1.17 bits per heavy atom. The smallest absolute Gasteiger partial charge is 0.119 e. The van der Waals surface area contributed by atoms with Crippen molar-refractivity contribution in [1.82, 2.24) is 10.6 Å². The van der Waals surface area contributed by atoms with Crippen molar-refractivity contribution in [3.8, 4) is 5.75 Å². The highest BCUT2D eigenvalue weighted by Crippen LogP contribution is 2.22. The molecule has 1 aromatic carbocycles. The van der Waals surface area contributed by atoms with Crippen molar-refractivity contribution in [3.05, 3.63) is 28.2 Å². The Labute approximate surface area is 118 Å². The Morgan fingerprint density at radius 2 is 1.94 bits per heavy atom. The van der Waals surface area contributed by atoms with Gasteiger partial charge in [0.25, 0.3) is 0 Å². The minimum atomic E-state index is 0.867. The van der Waals surface area contributed by atoms with Crippen LogP contribution in [-0.2, 0) is 6.54 Å². The first-order valence-electron chi connectivity index (χ1n) is 6.51. The Bertz CT molecular complexity index is 345. The van der Waals surface area contributed by atoms with Crippen LogP contribution in [0.2, 0.25) is 0 Å². The molecule has 0 aliphatic carbocycles. The van der Waals surface area contributed by atoms with Gasteiger partial charge >= 0.3 is 0 Å². The minimum Gasteiger partial charge on any atom is -0.497 e. The molecule has 1 rings (SSSR count). The average molecular weight is 315 g/mol. The van der Waals surface area contributed by atoms with Crippen LogP contribution in [0.15, 0.2) is 22.7 Å². The maximum Gasteiger partial charge on any atom is 0.119 e. The van der Waals surface area contributed by atoms with Crippen LogP contribution < -0.4 is 15.4 Å². The van der Waals surface area contributed by atoms with Gasteiger partial charge in [-0.05, 0) is 56.2 Å². The molecule has 0 aliphatic heterocycles. The molecule has 102 valence electrons. The molecule has 18 heavy (non-hydrogen) atoms. The van der Waals surface area contributed by atoms with E-state index in [4.69, 9.17) is 4.74 Å². The maximum absolute atomic E-state index is 5.22. The number of ether oxygens (including phenoxy) is 1. The van der Waals surface area contributed by atoms with E-state index in [1.807, 2.05) is 12.1 Å². The standard InChI is InChI=1S/C14H23BrN2O/c1-3-7-16-8-4-9-17-11-12-10-13(18-2)5-6-14(12)15/h5-6,10,16-17H,3-4,7-9,11H2,1-2H3. The average Bonchev–Trinajstić information content (AvgIpc) is 2.39. The molecule has 2 N–H and O–H groups in total. The lowest BCUT2D eigenvalue weighted by Gasteiger charge is -2.09. The van der Waals surface area contributed by atoms with Gasteiger partial charge < -0.3 is 15.4 Å². The molecule has 0 aromatic heterocycles. The summed E-state index contributed by atoms with van der Waals surface area (Å²) in [6.07, 6.45) is 2.35. The second kappa shape index (κ2) is 9.36. The Balaban J connectivity index is 2.22. The van der Waals surface area contributed by atoms with Crippen molar-refractivity contribution in [2.75, 3.05) is 26.7 Å². The monoisotopic (exact) mass is 314 g/mol. The molecule has 0 atom stereocenters. The molecule has 0 saturated carbocycles. The van der Waals surface area contributed by atoms with Crippen LogP contribution in [-0.4, -0.2) is 26.7 Å². The fraction of sp³-hybridized carbons (Fsp3) is 0.571. The highest BCUT2D eigenvalue weighted by atomic mass is 79.9. The first-order chi connectivity index (χ1) is 8.77. The first kappa shape index (κ1) is 15.5. The van der Waals surface area contributed by atoms with Crippen LogP contribution in [0.25, 0.3) is 0 Å². The fourth-order valence-electron chi connectivity index (χ4n) is 1.68. The van der Waals surface area contributed by atoms with Crippen LogP contribution in [0.5, 0.6) is 5.75 Å². The first-order valence-corrected chi connectivity index (χ1v) is 7.31. The summed E-state index contributed by atoms with van der Waals surface area (Å²) in [5.41, 5.74) is 1.23. The molecule has 0 unspecified atom stereocenters. The summed E-state index contributed by atoms with van der Waals surface area (Å²) < 4.78 is 6.35. The van der Waals surface area contributed by atoms with E-state index in [-0.39, 0.29) is 0 Å². The van der Waals surface area contributed by atoms with Gasteiger partial charge in [-0.1, -0.05) is 22.9 Å². The van der Waals surface area contributed by atoms with Gasteiger partial charge in [-0.25, -0.2) is 0 Å². The molecule has 0 fully saturated rings. The molecule has 0 heterocycles. The largest absolute Gasteiger partial charge is 0.497 e. The second-order valence-corrected chi connectivity index (χ2v) is 5.09. The highest BCUT2D eigenvalue weighted by Gasteiger charge is 2.01. The number of hydrogen-bond acceptors (Lipinski definition) is 3. The molecule has 1 aromatic rings. The molecule has 3 nitrogen and oxygen atoms in total. The normalized spacial score (nSPS) is 10.6. The van der Waals surface area contributed by atoms with E-state index in [0.717, 1.165) is 42.8 Å². The van der Waals surface area contributed by atoms with Crippen molar-refractivity contribution in [2.24, 2.45) is 0 Å². The Morgan fingerprint density at radius 3 is 2.67 bits per heavy atom. The fourth-order valence-corrected chi connectivity index (χ4v) is 2.06. The third-order valence-corrected chi connectivity index (χ3v) is 3.48. The lowest BCUT2D eigenvalue weighted by atomic mass is 10.2. The number of rotatable bonds is 9. The predicted molar refractivity (Wildman–Crippen MR) is 80.2 cm³/mol. The zero-order valence-corrected chi connectivity index (χ0v) is 12.8. The summed E-state index contributed by atoms with van der Waals surface area (Å²) in [6, 6.07) is 6.05. The molecule has 4 heteroatoms. The third-order valence-electron chi connectivity index (χ3n) is 2.70. The van der Waals surface area contributed by atoms with Crippen LogP contribution >= 0.6 is 15.9 Å². The molecule has 0 aliphatic rings. The Hall–Kier alpha value is -0.580. The summed E-state index contributed by atoms with van der Waals surface area (Å²) >= 11 is 3.56. The number of halogens is 1. The van der Waals surface area contributed by atoms with Gasteiger partial charge in [0.05, 0.1) is 7.11 Å². The van der Waals surface area contributed by atoms with E-state index in [9.17, 15) is 0 Å². The summed E-state index contributed by atoms with van der Waals surface area (Å²) in [6.45, 7) is 6.28. The van der Waals surface area contributed by atoms with Crippen LogP contribution in [0.3, 0.4) is 0 Å². The van der Waals surface area contributed by atoms with Gasteiger partial charge in [0.15, 0.2) is 0 Å². The van der Waals surface area contributed by atoms with E-state index in [2.05, 4.69) is 39.6 Å². The summed E-state index contributed by atoms with van der Waals surface area (Å²) in [4.78, 5) is 0. The maximum atomic E-state index is 5.22. The van der Waals surface area contributed by atoms with Crippen LogP contribution in [0.4, 0.5) is 0 Å². The van der Waals surface area contributed by atoms with Crippen molar-refractivity contribution < 1.29 is 4.74 Å². The molecule has 0 bridgehead atoms. The molecule has 0 saturated heterocycles. The number of methoxy groups -OCH3 is 1. The van der Waals surface area contributed by atoms with E-state index < -0.39 is 0 Å². The highest BCUT2D eigenvalue weighted by molar-refractivity contribution is 9.10. The predicted octanol–water partition coefficient (Wildman–Crippen LogP) is 2.94. The molecular weight excluding hydrogens is 292 g/mol. The quantitative estimate of drug-likeness (QED) is 0.688. The summed E-state index contributed by atoms with van der Waals surface area (Å²) in [5, 5.41) is 6.84. The van der Waals surface area contributed by atoms with Crippen molar-refractivity contribution >= 4 is 15.9 Å². The SMILES string of the molecule is CCCNCCCNCc1cc(OC)ccc1Br. The summed E-state index contributed by atoms with van der Waals surface area (Å²) in [5.74, 6) is 0.902. The van der Waals surface area contributed by atoms with Crippen LogP contribution in [0.1, 0.15) is 25.3 Å². The lowest BCUT2D eigenvalue weighted by molar-refractivity contribution is 0.414. The number of benzene rings is 1. The van der Waals surface area contributed by atoms with Crippen molar-refractivity contribution in [2.45, 2.75) is 26.3 Å². The zero-order chi connectivity index (χ0) is 13.2. The molecular formula is C14H23BrN2O. The molecule has 0 spiro atoms. The Kier molecular flexibility index (Phi) is 8.05. The van der Waals surface area contributed by atoms with Gasteiger partial charge in [-0.2, -0.15) is 0 Å². The molecule has 0 amide bonds. The zero-order valence-electron chi connectivity index (χ0n) is 11.3. The van der Waals surface area contributed by atoms with E-state index in [0.29, 0.717) is 0 Å². The van der Waals surface area contributed by atoms with E-state index in [1.165, 1.54) is 12.0 Å². The second-order valence-electron chi connectivity index (χ2n) is 4.24. The van der Waals surface area contributed by atoms with Crippen LogP contribution in [0, 0.1) is 0 Å². The van der Waals surface area contributed by atoms with Gasteiger partial charge in [0.2, 0.25) is 0 Å². The lowest BCUT2D eigenvalue weighted by Crippen LogP contribution is -2.22. The van der Waals surface area contributed by atoms with E-state index in [1.54, 1.807) is 7.11 Å². The van der Waals surface area contributed by atoms with Crippen molar-refractivity contribution in [1.29, 1.82) is 0 Å². The van der Waals surface area contributed by atoms with Gasteiger partial charge in [0, 0.05) is 11.0 Å². The number of nitrogens with one attached hydrogen (secondary N) is 2. The van der Waals surface area contributed by atoms with E-state index >= 15 is 0 Å². The molecule has 0 radical (unpaired) electrons. The summed E-state index contributed by atoms with van der Waals surface area (Å²) in [7, 11) is 1.69. The van der Waals surface area contributed by atoms with Gasteiger partial charge in [-0.3, -0.25) is 0 Å². The minimum absolute atomic E-state index is 0.867. The van der Waals surface area contributed by atoms with Gasteiger partial charge in [-0.15, -0.1) is 0 Å².